The predicted molar refractivity (Wildman–Crippen MR) is 99.0 cm³/mol. The van der Waals surface area contributed by atoms with Gasteiger partial charge in [0.25, 0.3) is 17.7 Å². The molecule has 1 aromatic heterocycles. The van der Waals surface area contributed by atoms with Gasteiger partial charge >= 0.3 is 0 Å². The lowest BCUT2D eigenvalue weighted by Gasteiger charge is -2.34. The fourth-order valence-electron chi connectivity index (χ4n) is 3.96. The molecule has 32 heavy (non-hydrogen) atoms. The van der Waals surface area contributed by atoms with Crippen molar-refractivity contribution >= 4 is 11.8 Å². The average Bonchev–Trinajstić information content (AvgIpc) is 2.84. The van der Waals surface area contributed by atoms with E-state index < -0.39 is 88.7 Å². The first-order valence-corrected chi connectivity index (χ1v) is 9.55. The van der Waals surface area contributed by atoms with Gasteiger partial charge in [-0.2, -0.15) is 0 Å². The van der Waals surface area contributed by atoms with Crippen molar-refractivity contribution in [2.75, 3.05) is 13.1 Å². The fraction of sp³-hybridized carbons (Fsp3) is 0.350. The Labute approximate surface area is 177 Å². The Morgan fingerprint density at radius 1 is 1.19 bits per heavy atom. The molecule has 2 N–H and O–H groups in total. The number of benzene rings is 1. The Morgan fingerprint density at radius 3 is 2.50 bits per heavy atom. The maximum Gasteiger partial charge on any atom is 0.274 e. The third-order valence-electron chi connectivity index (χ3n) is 5.57. The quantitative estimate of drug-likeness (QED) is 0.693. The summed E-state index contributed by atoms with van der Waals surface area (Å²) in [5.74, 6) is -9.98. The molecule has 0 aliphatic carbocycles. The van der Waals surface area contributed by atoms with Crippen LogP contribution in [0, 0.1) is 17.5 Å². The fourth-order valence-corrected chi connectivity index (χ4v) is 3.96. The van der Waals surface area contributed by atoms with Gasteiger partial charge in [0.2, 0.25) is 5.43 Å². The monoisotopic (exact) mass is 457 g/mol. The molecule has 170 valence electrons. The van der Waals surface area contributed by atoms with Crippen LogP contribution >= 0.6 is 0 Å². The highest BCUT2D eigenvalue weighted by atomic mass is 19.3. The largest absolute Gasteiger partial charge is 0.503 e. The highest BCUT2D eigenvalue weighted by Crippen LogP contribution is 2.36. The van der Waals surface area contributed by atoms with Crippen LogP contribution in [0.5, 0.6) is 5.75 Å². The number of rotatable bonds is 3. The highest BCUT2D eigenvalue weighted by molar-refractivity contribution is 5.99. The molecule has 2 amide bonds. The smallest absolute Gasteiger partial charge is 0.274 e. The first kappa shape index (κ1) is 21.8. The Bertz CT molecular complexity index is 1170. The molecular formula is C20H16F5N3O4. The first-order valence-electron chi connectivity index (χ1n) is 9.55. The number of nitrogens with one attached hydrogen (secondary N) is 1. The molecule has 1 fully saturated rings. The minimum Gasteiger partial charge on any atom is -0.503 e. The molecule has 3 heterocycles. The molecule has 2 aliphatic heterocycles. The van der Waals surface area contributed by atoms with Gasteiger partial charge in [-0.15, -0.1) is 0 Å². The lowest BCUT2D eigenvalue weighted by Crippen LogP contribution is -2.46. The maximum absolute atomic E-state index is 14.0. The molecule has 1 saturated heterocycles. The number of hydrogen-bond donors (Lipinski definition) is 2. The Kier molecular flexibility index (Phi) is 5.18. The van der Waals surface area contributed by atoms with E-state index in [2.05, 4.69) is 5.32 Å². The van der Waals surface area contributed by atoms with E-state index in [0.29, 0.717) is 12.1 Å². The molecular weight excluding hydrogens is 441 g/mol. The van der Waals surface area contributed by atoms with Crippen molar-refractivity contribution in [2.24, 2.45) is 0 Å². The summed E-state index contributed by atoms with van der Waals surface area (Å²) in [6.45, 7) is -1.69. The summed E-state index contributed by atoms with van der Waals surface area (Å²) in [7, 11) is 0. The second-order valence-electron chi connectivity index (χ2n) is 7.74. The third kappa shape index (κ3) is 3.69. The van der Waals surface area contributed by atoms with E-state index in [0.717, 1.165) is 15.7 Å². The molecule has 2 aromatic rings. The zero-order valence-corrected chi connectivity index (χ0v) is 16.3. The summed E-state index contributed by atoms with van der Waals surface area (Å²) in [6, 6.07) is 0.119. The van der Waals surface area contributed by atoms with Gasteiger partial charge in [-0.25, -0.2) is 22.0 Å². The van der Waals surface area contributed by atoms with Crippen LogP contribution in [0.1, 0.15) is 45.3 Å². The zero-order valence-electron chi connectivity index (χ0n) is 16.3. The topological polar surface area (TPSA) is 91.6 Å². The standard InChI is InChI=1S/C20H16F5N3O4/c21-9-3-13(22)11(14(23)4-9)5-26-18(31)12-7-28-10-1-2-20(24,25)8-27(6-10)19(32)15(28)17(30)16(12)29/h3-4,7,10,30H,1-2,5-6,8H2,(H,26,31)/t10-/m1/s1. The van der Waals surface area contributed by atoms with Gasteiger partial charge in [-0.3, -0.25) is 14.4 Å². The van der Waals surface area contributed by atoms with Crippen molar-refractivity contribution in [3.8, 4) is 5.75 Å². The van der Waals surface area contributed by atoms with Crippen LogP contribution in [0.4, 0.5) is 22.0 Å². The zero-order chi connectivity index (χ0) is 23.4. The Hall–Kier alpha value is -3.44. The minimum absolute atomic E-state index is 0.0842. The molecule has 0 radical (unpaired) electrons. The van der Waals surface area contributed by atoms with E-state index >= 15 is 0 Å². The van der Waals surface area contributed by atoms with E-state index in [1.807, 2.05) is 0 Å². The third-order valence-corrected chi connectivity index (χ3v) is 5.57. The molecule has 2 aliphatic rings. The number of aromatic hydroxyl groups is 1. The number of carbonyl (C=O) groups excluding carboxylic acids is 2. The second kappa shape index (κ2) is 7.61. The molecule has 0 spiro atoms. The molecule has 0 saturated carbocycles. The molecule has 1 atom stereocenters. The molecule has 0 unspecified atom stereocenters. The molecule has 12 heteroatoms. The summed E-state index contributed by atoms with van der Waals surface area (Å²) in [4.78, 5) is 38.5. The molecule has 7 nitrogen and oxygen atoms in total. The highest BCUT2D eigenvalue weighted by Gasteiger charge is 2.44. The SMILES string of the molecule is O=C(NCc1c(F)cc(F)cc1F)c1cn2c(c(O)c1=O)C(=O)N1C[C@H]2CCC(F)(F)C1. The number of fused-ring (bicyclic) bond motifs is 4. The van der Waals surface area contributed by atoms with Crippen molar-refractivity contribution in [1.29, 1.82) is 0 Å². The van der Waals surface area contributed by atoms with Crippen LogP contribution in [-0.2, 0) is 6.54 Å². The van der Waals surface area contributed by atoms with Gasteiger partial charge in [0, 0.05) is 43.4 Å². The van der Waals surface area contributed by atoms with Crippen LogP contribution in [0.2, 0.25) is 0 Å². The Balaban J connectivity index is 1.67. The lowest BCUT2D eigenvalue weighted by atomic mass is 10.1. The van der Waals surface area contributed by atoms with Crippen molar-refractivity contribution in [3.63, 3.8) is 0 Å². The number of hydrogen-bond acceptors (Lipinski definition) is 4. The second-order valence-corrected chi connectivity index (χ2v) is 7.74. The number of pyridine rings is 1. The van der Waals surface area contributed by atoms with E-state index in [4.69, 9.17) is 0 Å². The van der Waals surface area contributed by atoms with E-state index in [1.54, 1.807) is 0 Å². The maximum atomic E-state index is 14.0. The van der Waals surface area contributed by atoms with E-state index in [9.17, 15) is 41.4 Å². The van der Waals surface area contributed by atoms with Crippen molar-refractivity contribution in [2.45, 2.75) is 31.4 Å². The number of amides is 2. The van der Waals surface area contributed by atoms with Crippen LogP contribution in [0.15, 0.2) is 23.1 Å². The van der Waals surface area contributed by atoms with Crippen LogP contribution in [-0.4, -0.2) is 45.4 Å². The van der Waals surface area contributed by atoms with Crippen molar-refractivity contribution in [3.05, 3.63) is 62.8 Å². The van der Waals surface area contributed by atoms with Gasteiger partial charge in [0.15, 0.2) is 11.4 Å². The van der Waals surface area contributed by atoms with Gasteiger partial charge in [0.05, 0.1) is 12.6 Å². The van der Waals surface area contributed by atoms with Gasteiger partial charge in [0.1, 0.15) is 23.0 Å². The predicted octanol–water partition coefficient (Wildman–Crippen LogP) is 2.33. The summed E-state index contributed by atoms with van der Waals surface area (Å²) in [6.07, 6.45) is 0.338. The lowest BCUT2D eigenvalue weighted by molar-refractivity contribution is -0.0258. The van der Waals surface area contributed by atoms with Crippen LogP contribution in [0.25, 0.3) is 0 Å². The van der Waals surface area contributed by atoms with Gasteiger partial charge in [-0.05, 0) is 6.42 Å². The first-order chi connectivity index (χ1) is 15.0. The number of aromatic nitrogens is 1. The normalized spacial score (nSPS) is 19.3. The van der Waals surface area contributed by atoms with Gasteiger partial charge < -0.3 is 19.9 Å². The summed E-state index contributed by atoms with van der Waals surface area (Å²) < 4.78 is 69.6. The van der Waals surface area contributed by atoms with Crippen molar-refractivity contribution < 1.29 is 36.6 Å². The molecule has 4 rings (SSSR count). The van der Waals surface area contributed by atoms with Gasteiger partial charge in [-0.1, -0.05) is 0 Å². The molecule has 2 bridgehead atoms. The number of halogens is 5. The van der Waals surface area contributed by atoms with Crippen molar-refractivity contribution in [1.82, 2.24) is 14.8 Å². The van der Waals surface area contributed by atoms with Crippen LogP contribution in [0.3, 0.4) is 0 Å². The Morgan fingerprint density at radius 2 is 1.84 bits per heavy atom. The summed E-state index contributed by atoms with van der Waals surface area (Å²) >= 11 is 0. The average molecular weight is 457 g/mol. The number of alkyl halides is 2. The summed E-state index contributed by atoms with van der Waals surface area (Å²) in [5.41, 5.74) is -3.05. The van der Waals surface area contributed by atoms with Crippen LogP contribution < -0.4 is 10.7 Å². The van der Waals surface area contributed by atoms with E-state index in [-0.39, 0.29) is 13.0 Å². The van der Waals surface area contributed by atoms with E-state index in [1.165, 1.54) is 0 Å². The molecule has 1 aromatic carbocycles. The minimum atomic E-state index is -3.15. The number of carbonyl (C=O) groups is 2. The summed E-state index contributed by atoms with van der Waals surface area (Å²) in [5, 5.41) is 12.4. The number of nitrogens with zero attached hydrogens (tertiary/aromatic N) is 2.